The molecule has 2 aromatic carbocycles. The minimum atomic E-state index is -0.223. The number of para-hydroxylation sites is 1. The Balaban J connectivity index is 1.69. The van der Waals surface area contributed by atoms with E-state index in [4.69, 9.17) is 4.74 Å². The zero-order valence-electron chi connectivity index (χ0n) is 13.1. The molecule has 4 heteroatoms. The number of aryl methyl sites for hydroxylation is 2. The third-order valence-electron chi connectivity index (χ3n) is 3.38. The molecule has 0 fully saturated rings. The number of rotatable bonds is 6. The summed E-state index contributed by atoms with van der Waals surface area (Å²) in [6, 6.07) is 15.4. The zero-order valence-corrected chi connectivity index (χ0v) is 13.1. The molecule has 22 heavy (non-hydrogen) atoms. The van der Waals surface area contributed by atoms with Crippen LogP contribution in [0.5, 0.6) is 5.75 Å². The predicted molar refractivity (Wildman–Crippen MR) is 89.5 cm³/mol. The number of anilines is 1. The van der Waals surface area contributed by atoms with Crippen LogP contribution in [-0.2, 0) is 6.42 Å². The minimum Gasteiger partial charge on any atom is -0.492 e. The number of ether oxygens (including phenoxy) is 1. The number of hydrogen-bond acceptors (Lipinski definition) is 2. The van der Waals surface area contributed by atoms with Crippen molar-refractivity contribution in [3.05, 3.63) is 59.7 Å². The van der Waals surface area contributed by atoms with Gasteiger partial charge in [0.2, 0.25) is 0 Å². The maximum atomic E-state index is 11.8. The second kappa shape index (κ2) is 8.08. The number of carbonyl (C=O) groups is 1. The van der Waals surface area contributed by atoms with Gasteiger partial charge in [-0.2, -0.15) is 0 Å². The van der Waals surface area contributed by atoms with Crippen LogP contribution in [0.4, 0.5) is 10.5 Å². The van der Waals surface area contributed by atoms with Crippen molar-refractivity contribution in [2.45, 2.75) is 20.3 Å². The van der Waals surface area contributed by atoms with Crippen LogP contribution in [0.2, 0.25) is 0 Å². The van der Waals surface area contributed by atoms with Gasteiger partial charge in [-0.25, -0.2) is 4.79 Å². The maximum Gasteiger partial charge on any atom is 0.319 e. The first-order chi connectivity index (χ1) is 10.7. The van der Waals surface area contributed by atoms with Crippen molar-refractivity contribution in [3.8, 4) is 5.75 Å². The molecule has 0 unspecified atom stereocenters. The summed E-state index contributed by atoms with van der Waals surface area (Å²) in [5.74, 6) is 0.818. The molecule has 2 N–H and O–H groups in total. The number of carbonyl (C=O) groups excluding carboxylic acids is 1. The van der Waals surface area contributed by atoms with Gasteiger partial charge >= 0.3 is 6.03 Å². The Bertz CT molecular complexity index is 609. The molecule has 0 aliphatic carbocycles. The highest BCUT2D eigenvalue weighted by molar-refractivity contribution is 5.89. The van der Waals surface area contributed by atoms with Crippen LogP contribution in [-0.4, -0.2) is 19.2 Å². The van der Waals surface area contributed by atoms with E-state index in [9.17, 15) is 4.79 Å². The normalized spacial score (nSPS) is 10.1. The van der Waals surface area contributed by atoms with Crippen molar-refractivity contribution < 1.29 is 9.53 Å². The molecule has 4 nitrogen and oxygen atoms in total. The van der Waals surface area contributed by atoms with Crippen LogP contribution in [0.1, 0.15) is 18.1 Å². The Kier molecular flexibility index (Phi) is 5.83. The average molecular weight is 298 g/mol. The van der Waals surface area contributed by atoms with Crippen molar-refractivity contribution in [1.29, 1.82) is 0 Å². The zero-order chi connectivity index (χ0) is 15.8. The summed E-state index contributed by atoms with van der Waals surface area (Å²) in [6.45, 7) is 4.96. The lowest BCUT2D eigenvalue weighted by molar-refractivity contribution is 0.247. The van der Waals surface area contributed by atoms with E-state index in [1.165, 1.54) is 5.56 Å². The van der Waals surface area contributed by atoms with Gasteiger partial charge in [-0.15, -0.1) is 0 Å². The predicted octanol–water partition coefficient (Wildman–Crippen LogP) is 3.76. The van der Waals surface area contributed by atoms with E-state index in [-0.39, 0.29) is 6.03 Å². The molecule has 0 spiro atoms. The Hall–Kier alpha value is -2.49. The van der Waals surface area contributed by atoms with E-state index >= 15 is 0 Å². The van der Waals surface area contributed by atoms with Crippen molar-refractivity contribution >= 4 is 11.7 Å². The lowest BCUT2D eigenvalue weighted by Crippen LogP contribution is -2.32. The third kappa shape index (κ3) is 4.81. The van der Waals surface area contributed by atoms with Crippen LogP contribution < -0.4 is 15.4 Å². The molecule has 0 saturated heterocycles. The molecule has 116 valence electrons. The topological polar surface area (TPSA) is 50.4 Å². The summed E-state index contributed by atoms with van der Waals surface area (Å²) in [5.41, 5.74) is 3.13. The van der Waals surface area contributed by atoms with Crippen LogP contribution in [0.3, 0.4) is 0 Å². The Morgan fingerprint density at radius 3 is 2.50 bits per heavy atom. The monoisotopic (exact) mass is 298 g/mol. The molecule has 0 bridgehead atoms. The van der Waals surface area contributed by atoms with Gasteiger partial charge in [-0.05, 0) is 42.7 Å². The maximum absolute atomic E-state index is 11.8. The van der Waals surface area contributed by atoms with Gasteiger partial charge in [0, 0.05) is 5.69 Å². The number of hydrogen-bond donors (Lipinski definition) is 2. The van der Waals surface area contributed by atoms with Crippen molar-refractivity contribution in [2.24, 2.45) is 0 Å². The number of nitrogens with one attached hydrogen (secondary N) is 2. The molecule has 2 aromatic rings. The Morgan fingerprint density at radius 1 is 1.09 bits per heavy atom. The first-order valence-electron chi connectivity index (χ1n) is 7.51. The van der Waals surface area contributed by atoms with E-state index in [1.807, 2.05) is 55.5 Å². The summed E-state index contributed by atoms with van der Waals surface area (Å²) in [4.78, 5) is 11.8. The molecule has 0 aromatic heterocycles. The van der Waals surface area contributed by atoms with Gasteiger partial charge in [0.05, 0.1) is 6.54 Å². The molecule has 0 heterocycles. The SMILES string of the molecule is CCc1ccc(OCCNC(=O)Nc2ccccc2C)cc1. The Labute approximate surface area is 131 Å². The second-order valence-electron chi connectivity index (χ2n) is 5.04. The summed E-state index contributed by atoms with van der Waals surface area (Å²) in [6.07, 6.45) is 1.01. The highest BCUT2D eigenvalue weighted by atomic mass is 16.5. The standard InChI is InChI=1S/C18H22N2O2/c1-3-15-8-10-16(11-9-15)22-13-12-19-18(21)20-17-7-5-4-6-14(17)2/h4-11H,3,12-13H2,1-2H3,(H2,19,20,21). The first kappa shape index (κ1) is 15.9. The molecular formula is C18H22N2O2. The van der Waals surface area contributed by atoms with E-state index < -0.39 is 0 Å². The minimum absolute atomic E-state index is 0.223. The molecule has 2 amide bonds. The molecular weight excluding hydrogens is 276 g/mol. The molecule has 2 rings (SSSR count). The molecule has 0 saturated carbocycles. The van der Waals surface area contributed by atoms with E-state index in [0.29, 0.717) is 13.2 Å². The van der Waals surface area contributed by atoms with Gasteiger partial charge in [-0.1, -0.05) is 37.3 Å². The third-order valence-corrected chi connectivity index (χ3v) is 3.38. The van der Waals surface area contributed by atoms with Gasteiger partial charge in [0.25, 0.3) is 0 Å². The highest BCUT2D eigenvalue weighted by Crippen LogP contribution is 2.13. The summed E-state index contributed by atoms with van der Waals surface area (Å²) >= 11 is 0. The van der Waals surface area contributed by atoms with Crippen molar-refractivity contribution in [1.82, 2.24) is 5.32 Å². The lowest BCUT2D eigenvalue weighted by Gasteiger charge is -2.10. The number of urea groups is 1. The van der Waals surface area contributed by atoms with Crippen molar-refractivity contribution in [2.75, 3.05) is 18.5 Å². The van der Waals surface area contributed by atoms with Crippen LogP contribution in [0, 0.1) is 6.92 Å². The number of amides is 2. The number of benzene rings is 2. The fourth-order valence-electron chi connectivity index (χ4n) is 2.03. The first-order valence-corrected chi connectivity index (χ1v) is 7.51. The van der Waals surface area contributed by atoms with Crippen LogP contribution in [0.25, 0.3) is 0 Å². The molecule has 0 atom stereocenters. The van der Waals surface area contributed by atoms with E-state index in [0.717, 1.165) is 23.4 Å². The van der Waals surface area contributed by atoms with Crippen LogP contribution in [0.15, 0.2) is 48.5 Å². The second-order valence-corrected chi connectivity index (χ2v) is 5.04. The van der Waals surface area contributed by atoms with Crippen LogP contribution >= 0.6 is 0 Å². The van der Waals surface area contributed by atoms with Gasteiger partial charge in [0.1, 0.15) is 12.4 Å². The largest absolute Gasteiger partial charge is 0.492 e. The van der Waals surface area contributed by atoms with Gasteiger partial charge < -0.3 is 15.4 Å². The quantitative estimate of drug-likeness (QED) is 0.798. The molecule has 0 aliphatic heterocycles. The summed E-state index contributed by atoms with van der Waals surface area (Å²) in [5, 5.41) is 5.59. The fraction of sp³-hybridized carbons (Fsp3) is 0.278. The van der Waals surface area contributed by atoms with Crippen molar-refractivity contribution in [3.63, 3.8) is 0 Å². The van der Waals surface area contributed by atoms with E-state index in [2.05, 4.69) is 17.6 Å². The Morgan fingerprint density at radius 2 is 1.82 bits per heavy atom. The van der Waals surface area contributed by atoms with Gasteiger partial charge in [-0.3, -0.25) is 0 Å². The average Bonchev–Trinajstić information content (AvgIpc) is 2.54. The van der Waals surface area contributed by atoms with Gasteiger partial charge in [0.15, 0.2) is 0 Å². The lowest BCUT2D eigenvalue weighted by atomic mass is 10.2. The smallest absolute Gasteiger partial charge is 0.319 e. The molecule has 0 aliphatic rings. The molecule has 0 radical (unpaired) electrons. The summed E-state index contributed by atoms with van der Waals surface area (Å²) in [7, 11) is 0. The van der Waals surface area contributed by atoms with E-state index in [1.54, 1.807) is 0 Å². The summed E-state index contributed by atoms with van der Waals surface area (Å²) < 4.78 is 5.59. The highest BCUT2D eigenvalue weighted by Gasteiger charge is 2.03. The fourth-order valence-corrected chi connectivity index (χ4v) is 2.03.